The molecule has 3 atom stereocenters. The quantitative estimate of drug-likeness (QED) is 0.0721. The Balaban J connectivity index is 0.000000129. The number of nitrogens with zero attached hydrogens (tertiary/aromatic N) is 15. The van der Waals surface area contributed by atoms with Gasteiger partial charge in [0, 0.05) is 101 Å². The smallest absolute Gasteiger partial charge is 0.363 e. The SMILES string of the molecule is C1COCCN1.Nc1ccc(N2CCOCC2)cn1.O=C1NCC2(CCCC2)N2c3nc(CS(=O)[O-])ncc3CCC12.O=C1NCC2(CCCC2)N2c3nc(Nc4ccc(N5CCOCC5)cn4)ncc3CCC12.O=[N+]([O-])c1ccc(Cl)cn1.O=[N+]([O-])c1ccc(N2CCOCC2)cn1. The standard InChI is InChI=1S/C23H29N7O2.C15H20N4O3S.C9H11N3O3.C9H13N3O.C5H3ClN2O2.C4H9NO/c31-21-18-5-3-16-13-25-22(28-20(16)30(18)23(15-26-21)7-1-2-8-23)27-19-6-4-17(14-24-19)29-9-11-32-12-10-29;20-14-11-4-3-10-7-16-12(8-23(21)22)18-13(10)19(11)15(9-17-14)5-1-2-6-15;13-12(14)9-2-1-8(7-10-9)11-3-5-15-6-4-11;10-9-2-1-8(7-11-9)12-3-5-13-6-4-12;6-4-1-2-5(7-3-4)8(9)10;1-3-6-4-2-5-1/h4,6,13-14,18H,1-3,5,7-12,15H2,(H,26,31)(H,24,25,27,28);7,11H,1-6,8-9H2,(H,17,20)(H,21,22);1-2,7H,3-6H2;1-2,7H,3-6H2,(H2,10,11);1-3H;5H,1-4H2/p-1. The van der Waals surface area contributed by atoms with Crippen LogP contribution in [0.5, 0.6) is 0 Å². The van der Waals surface area contributed by atoms with Crippen molar-refractivity contribution in [2.24, 2.45) is 0 Å². The van der Waals surface area contributed by atoms with E-state index in [1.165, 1.54) is 43.4 Å². The molecular formula is C65H84ClN20O12S-. The Morgan fingerprint density at radius 3 is 1.44 bits per heavy atom. The Bertz CT molecular complexity index is 3660. The zero-order valence-electron chi connectivity index (χ0n) is 55.1. The second kappa shape index (κ2) is 34.4. The zero-order chi connectivity index (χ0) is 69.1. The first-order chi connectivity index (χ1) is 48.1. The molecule has 2 saturated carbocycles. The van der Waals surface area contributed by atoms with Gasteiger partial charge in [-0.05, 0) is 119 Å². The van der Waals surface area contributed by atoms with Gasteiger partial charge in [-0.1, -0.05) is 37.3 Å². The maximum absolute atomic E-state index is 12.7. The van der Waals surface area contributed by atoms with Gasteiger partial charge < -0.3 is 95.2 Å². The molecule has 0 radical (unpaired) electrons. The number of hydrogen-bond donors (Lipinski definition) is 5. The number of fused-ring (bicyclic) bond motifs is 8. The molecule has 8 aliphatic heterocycles. The number of nitro groups is 2. The topological polar surface area (TPSA) is 391 Å². The van der Waals surface area contributed by atoms with Crippen molar-refractivity contribution in [3.8, 4) is 0 Å². The molecule has 6 saturated heterocycles. The van der Waals surface area contributed by atoms with E-state index in [-0.39, 0.29) is 52.4 Å². The molecular weight excluding hydrogens is 1320 g/mol. The Hall–Kier alpha value is -8.70. The third-order valence-corrected chi connectivity index (χ3v) is 19.6. The van der Waals surface area contributed by atoms with Crippen LogP contribution in [-0.2, 0) is 58.2 Å². The molecule has 10 aliphatic rings. The Labute approximate surface area is 580 Å². The van der Waals surface area contributed by atoms with Gasteiger partial charge in [0.05, 0.1) is 104 Å². The van der Waals surface area contributed by atoms with E-state index in [2.05, 4.69) is 86.7 Å². The summed E-state index contributed by atoms with van der Waals surface area (Å²) in [5.74, 6) is 3.48. The van der Waals surface area contributed by atoms with Crippen molar-refractivity contribution in [1.29, 1.82) is 0 Å². The number of pyridine rings is 4. The number of halogens is 1. The number of morpholine rings is 4. The van der Waals surface area contributed by atoms with E-state index < -0.39 is 20.9 Å². The summed E-state index contributed by atoms with van der Waals surface area (Å²) in [6.07, 6.45) is 22.2. The molecule has 2 amide bonds. The average Bonchev–Trinajstić information content (AvgIpc) is 1.73. The van der Waals surface area contributed by atoms with E-state index >= 15 is 0 Å². The number of anilines is 8. The lowest BCUT2D eigenvalue weighted by Crippen LogP contribution is -2.68. The number of carbonyl (C=O) groups excluding carboxylic acids is 2. The molecule has 6 N–H and O–H groups in total. The maximum Gasteiger partial charge on any atom is 0.363 e. The summed E-state index contributed by atoms with van der Waals surface area (Å²) in [7, 11) is 0. The van der Waals surface area contributed by atoms with Crippen LogP contribution in [-0.4, -0.2) is 212 Å². The van der Waals surface area contributed by atoms with Gasteiger partial charge in [-0.15, -0.1) is 0 Å². The summed E-state index contributed by atoms with van der Waals surface area (Å²) < 4.78 is 42.8. The van der Waals surface area contributed by atoms with Gasteiger partial charge in [-0.2, -0.15) is 4.98 Å². The minimum Gasteiger partial charge on any atom is -0.772 e. The van der Waals surface area contributed by atoms with Crippen molar-refractivity contribution in [1.82, 2.24) is 55.8 Å². The number of hydrogen-bond acceptors (Lipinski definition) is 28. The highest BCUT2D eigenvalue weighted by Gasteiger charge is 2.52. The van der Waals surface area contributed by atoms with Crippen molar-refractivity contribution >= 4 is 92.4 Å². The number of piperazine rings is 2. The number of carbonyl (C=O) groups is 2. The lowest BCUT2D eigenvalue weighted by molar-refractivity contribution is -0.389. The minimum atomic E-state index is -2.22. The van der Waals surface area contributed by atoms with Crippen LogP contribution in [0.1, 0.15) is 81.2 Å². The fraction of sp³-hybridized carbons (Fsp3) is 0.538. The molecule has 8 fully saturated rings. The van der Waals surface area contributed by atoms with Crippen molar-refractivity contribution in [3.05, 3.63) is 128 Å². The van der Waals surface area contributed by atoms with Crippen LogP contribution in [0, 0.1) is 20.2 Å². The molecule has 14 heterocycles. The summed E-state index contributed by atoms with van der Waals surface area (Å²) in [6, 6.07) is 13.3. The lowest BCUT2D eigenvalue weighted by Gasteiger charge is -2.52. The Morgan fingerprint density at radius 2 is 1.03 bits per heavy atom. The molecule has 6 aromatic rings. The van der Waals surface area contributed by atoms with Gasteiger partial charge in [0.1, 0.15) is 41.2 Å². The van der Waals surface area contributed by atoms with Crippen LogP contribution < -0.4 is 51.5 Å². The van der Waals surface area contributed by atoms with Gasteiger partial charge in [-0.25, -0.2) is 24.9 Å². The number of nitrogens with one attached hydrogen (secondary N) is 4. The molecule has 530 valence electrons. The third-order valence-electron chi connectivity index (χ3n) is 18.9. The van der Waals surface area contributed by atoms with E-state index in [0.717, 1.165) is 196 Å². The van der Waals surface area contributed by atoms with Gasteiger partial charge in [0.15, 0.2) is 12.4 Å². The Morgan fingerprint density at radius 1 is 0.576 bits per heavy atom. The van der Waals surface area contributed by atoms with Crippen LogP contribution in [0.4, 0.5) is 57.9 Å². The molecule has 2 spiro atoms. The first-order valence-corrected chi connectivity index (χ1v) is 35.2. The molecule has 99 heavy (non-hydrogen) atoms. The summed E-state index contributed by atoms with van der Waals surface area (Å²) in [5.41, 5.74) is 10.7. The Kier molecular flexibility index (Phi) is 24.9. The van der Waals surface area contributed by atoms with Crippen LogP contribution in [0.2, 0.25) is 5.02 Å². The predicted octanol–water partition coefficient (Wildman–Crippen LogP) is 5.01. The van der Waals surface area contributed by atoms with Gasteiger partial charge in [0.25, 0.3) is 0 Å². The van der Waals surface area contributed by atoms with Crippen molar-refractivity contribution in [3.63, 3.8) is 0 Å². The molecule has 32 nitrogen and oxygen atoms in total. The first-order valence-electron chi connectivity index (χ1n) is 33.6. The monoisotopic (exact) mass is 1400 g/mol. The molecule has 0 aromatic carbocycles. The van der Waals surface area contributed by atoms with E-state index in [0.29, 0.717) is 54.7 Å². The van der Waals surface area contributed by atoms with E-state index in [1.54, 1.807) is 18.5 Å². The highest BCUT2D eigenvalue weighted by Crippen LogP contribution is 2.46. The normalized spacial score (nSPS) is 21.1. The van der Waals surface area contributed by atoms with Crippen molar-refractivity contribution < 1.29 is 47.1 Å². The van der Waals surface area contributed by atoms with Crippen LogP contribution in [0.25, 0.3) is 0 Å². The van der Waals surface area contributed by atoms with Crippen molar-refractivity contribution in [2.75, 3.05) is 154 Å². The van der Waals surface area contributed by atoms with Crippen LogP contribution in [0.15, 0.2) is 85.7 Å². The molecule has 16 rings (SSSR count). The predicted molar refractivity (Wildman–Crippen MR) is 370 cm³/mol. The average molecular weight is 1410 g/mol. The zero-order valence-corrected chi connectivity index (χ0v) is 56.7. The van der Waals surface area contributed by atoms with Gasteiger partial charge in [-0.3, -0.25) is 13.8 Å². The lowest BCUT2D eigenvalue weighted by atomic mass is 9.85. The molecule has 2 aliphatic carbocycles. The number of aryl methyl sites for hydroxylation is 2. The summed E-state index contributed by atoms with van der Waals surface area (Å²) in [5, 5.41) is 33.5. The minimum absolute atomic E-state index is 0.0164. The van der Waals surface area contributed by atoms with E-state index in [4.69, 9.17) is 41.3 Å². The van der Waals surface area contributed by atoms with Crippen LogP contribution >= 0.6 is 11.6 Å². The van der Waals surface area contributed by atoms with Gasteiger partial charge in [0.2, 0.25) is 17.8 Å². The van der Waals surface area contributed by atoms with E-state index in [9.17, 15) is 38.6 Å². The van der Waals surface area contributed by atoms with E-state index in [1.807, 2.05) is 30.6 Å². The van der Waals surface area contributed by atoms with Crippen LogP contribution in [0.3, 0.4) is 0 Å². The summed E-state index contributed by atoms with van der Waals surface area (Å²) in [4.78, 5) is 89.5. The number of ether oxygens (including phenoxy) is 4. The first kappa shape index (κ1) is 71.6. The molecule has 0 bridgehead atoms. The maximum atomic E-state index is 12.7. The summed E-state index contributed by atoms with van der Waals surface area (Å²) >= 11 is 3.21. The highest BCUT2D eigenvalue weighted by molar-refractivity contribution is 7.78. The number of nitrogens with two attached hydrogens (primary N) is 1. The fourth-order valence-corrected chi connectivity index (χ4v) is 14.3. The fourth-order valence-electron chi connectivity index (χ4n) is 13.9. The molecule has 34 heteroatoms. The largest absolute Gasteiger partial charge is 0.772 e. The second-order valence-corrected chi connectivity index (χ2v) is 26.5. The highest BCUT2D eigenvalue weighted by atomic mass is 35.5. The third kappa shape index (κ3) is 18.6. The number of aromatic nitrogens is 8. The number of rotatable bonds is 9. The van der Waals surface area contributed by atoms with Gasteiger partial charge >= 0.3 is 11.6 Å². The van der Waals surface area contributed by atoms with Crippen molar-refractivity contribution in [2.45, 2.75) is 106 Å². The molecule has 3 unspecified atom stereocenters. The second-order valence-electron chi connectivity index (χ2n) is 25.1. The molecule has 6 aromatic heterocycles. The number of amides is 2. The summed E-state index contributed by atoms with van der Waals surface area (Å²) in [6.45, 7) is 14.9. The number of nitrogen functional groups attached to an aromatic ring is 1.